The Labute approximate surface area is 90.6 Å². The molecule has 5 heteroatoms. The van der Waals surface area contributed by atoms with Gasteiger partial charge in [0.05, 0.1) is 11.1 Å². The van der Waals surface area contributed by atoms with Crippen LogP contribution in [0.3, 0.4) is 0 Å². The highest BCUT2D eigenvalue weighted by molar-refractivity contribution is 5.81. The summed E-state index contributed by atoms with van der Waals surface area (Å²) in [6, 6.07) is 5.38. The van der Waals surface area contributed by atoms with E-state index in [1.54, 1.807) is 16.9 Å². The van der Waals surface area contributed by atoms with Gasteiger partial charge in [-0.05, 0) is 31.2 Å². The van der Waals surface area contributed by atoms with Crippen LogP contribution in [0.2, 0.25) is 0 Å². The lowest BCUT2D eigenvalue weighted by Crippen LogP contribution is -2.12. The number of nitrogens with zero attached hydrogens (tertiary/aromatic N) is 1. The van der Waals surface area contributed by atoms with E-state index in [1.807, 2.05) is 6.92 Å². The maximum Gasteiger partial charge on any atom is 0.416 e. The molecule has 2 nitrogen and oxygen atoms in total. The van der Waals surface area contributed by atoms with Crippen molar-refractivity contribution in [1.29, 1.82) is 0 Å². The minimum atomic E-state index is -4.28. The van der Waals surface area contributed by atoms with Crippen LogP contribution in [0.15, 0.2) is 30.5 Å². The largest absolute Gasteiger partial charge is 0.416 e. The summed E-state index contributed by atoms with van der Waals surface area (Å²) < 4.78 is 39.1. The van der Waals surface area contributed by atoms with Gasteiger partial charge >= 0.3 is 6.18 Å². The summed E-state index contributed by atoms with van der Waals surface area (Å²) in [5.41, 5.74) is 3.15. The van der Waals surface area contributed by atoms with Gasteiger partial charge in [0.1, 0.15) is 0 Å². The molecule has 0 aliphatic rings. The van der Waals surface area contributed by atoms with Crippen molar-refractivity contribution < 1.29 is 13.2 Å². The van der Waals surface area contributed by atoms with E-state index < -0.39 is 11.7 Å². The van der Waals surface area contributed by atoms with Crippen molar-refractivity contribution in [3.05, 3.63) is 36.0 Å². The quantitative estimate of drug-likeness (QED) is 0.835. The van der Waals surface area contributed by atoms with Crippen LogP contribution in [-0.2, 0) is 6.18 Å². The monoisotopic (exact) mass is 228 g/mol. The highest BCUT2D eigenvalue weighted by Gasteiger charge is 2.30. The van der Waals surface area contributed by atoms with Crippen molar-refractivity contribution >= 4 is 10.9 Å². The molecule has 86 valence electrons. The van der Waals surface area contributed by atoms with E-state index in [4.69, 9.17) is 0 Å². The highest BCUT2D eigenvalue weighted by Crippen LogP contribution is 2.31. The molecule has 0 atom stereocenters. The van der Waals surface area contributed by atoms with Crippen LogP contribution in [-0.4, -0.2) is 11.2 Å². The molecule has 1 N–H and O–H groups in total. The lowest BCUT2D eigenvalue weighted by Gasteiger charge is -2.08. The summed E-state index contributed by atoms with van der Waals surface area (Å²) in [5, 5.41) is 0.579. The molecule has 16 heavy (non-hydrogen) atoms. The molecule has 0 radical (unpaired) electrons. The molecular weight excluding hydrogens is 217 g/mol. The van der Waals surface area contributed by atoms with Crippen molar-refractivity contribution in [2.24, 2.45) is 0 Å². The number of benzene rings is 1. The predicted octanol–water partition coefficient (Wildman–Crippen LogP) is 3.22. The van der Waals surface area contributed by atoms with Crippen LogP contribution in [0, 0.1) is 0 Å². The molecular formula is C11H11F3N2. The Morgan fingerprint density at radius 1 is 1.25 bits per heavy atom. The Kier molecular flexibility index (Phi) is 2.53. The lowest BCUT2D eigenvalue weighted by molar-refractivity contribution is -0.137. The number of aromatic nitrogens is 1. The molecule has 1 aromatic carbocycles. The van der Waals surface area contributed by atoms with Gasteiger partial charge in [0, 0.05) is 18.1 Å². The first-order valence-electron chi connectivity index (χ1n) is 4.94. The number of fused-ring (bicyclic) bond motifs is 1. The Hall–Kier alpha value is -1.65. The topological polar surface area (TPSA) is 17.0 Å². The molecule has 2 rings (SSSR count). The average molecular weight is 228 g/mol. The van der Waals surface area contributed by atoms with E-state index in [-0.39, 0.29) is 0 Å². The second kappa shape index (κ2) is 3.73. The number of nitrogens with one attached hydrogen (secondary N) is 1. The first kappa shape index (κ1) is 10.9. The van der Waals surface area contributed by atoms with Crippen molar-refractivity contribution in [2.45, 2.75) is 13.1 Å². The molecule has 0 aliphatic carbocycles. The Morgan fingerprint density at radius 3 is 2.62 bits per heavy atom. The van der Waals surface area contributed by atoms with Gasteiger partial charge in [-0.1, -0.05) is 0 Å². The van der Waals surface area contributed by atoms with Crippen LogP contribution >= 0.6 is 0 Å². The number of hydrogen-bond acceptors (Lipinski definition) is 1. The number of alkyl halides is 3. The van der Waals surface area contributed by atoms with E-state index in [0.29, 0.717) is 11.9 Å². The average Bonchev–Trinajstić information content (AvgIpc) is 2.60. The summed E-state index contributed by atoms with van der Waals surface area (Å²) in [7, 11) is 0. The lowest BCUT2D eigenvalue weighted by atomic mass is 10.1. The van der Waals surface area contributed by atoms with Crippen LogP contribution in [0.1, 0.15) is 12.5 Å². The Balaban J connectivity index is 2.49. The third-order valence-corrected chi connectivity index (χ3v) is 2.35. The first-order valence-corrected chi connectivity index (χ1v) is 4.94. The summed E-state index contributed by atoms with van der Waals surface area (Å²) in [6.07, 6.45) is -2.57. The fraction of sp³-hybridized carbons (Fsp3) is 0.273. The molecule has 0 unspecified atom stereocenters. The van der Waals surface area contributed by atoms with Crippen molar-refractivity contribution in [3.8, 4) is 0 Å². The zero-order valence-corrected chi connectivity index (χ0v) is 8.67. The first-order chi connectivity index (χ1) is 7.52. The smallest absolute Gasteiger partial charge is 0.326 e. The molecule has 1 heterocycles. The van der Waals surface area contributed by atoms with Gasteiger partial charge in [-0.25, -0.2) is 0 Å². The fourth-order valence-electron chi connectivity index (χ4n) is 1.63. The van der Waals surface area contributed by atoms with Crippen molar-refractivity contribution in [3.63, 3.8) is 0 Å². The zero-order valence-electron chi connectivity index (χ0n) is 8.67. The SMILES string of the molecule is CCNn1ccc2cc(C(F)(F)F)ccc21. The fourth-order valence-corrected chi connectivity index (χ4v) is 1.63. The second-order valence-corrected chi connectivity index (χ2v) is 3.47. The van der Waals surface area contributed by atoms with Crippen LogP contribution in [0.25, 0.3) is 10.9 Å². The molecule has 0 amide bonds. The number of rotatable bonds is 2. The van der Waals surface area contributed by atoms with Crippen LogP contribution in [0.5, 0.6) is 0 Å². The third-order valence-electron chi connectivity index (χ3n) is 2.35. The van der Waals surface area contributed by atoms with Gasteiger partial charge in [0.25, 0.3) is 0 Å². The minimum Gasteiger partial charge on any atom is -0.326 e. The molecule has 2 aromatic rings. The number of hydrogen-bond donors (Lipinski definition) is 1. The Bertz CT molecular complexity index is 499. The van der Waals surface area contributed by atoms with Gasteiger partial charge in [-0.15, -0.1) is 0 Å². The minimum absolute atomic E-state index is 0.579. The van der Waals surface area contributed by atoms with E-state index in [9.17, 15) is 13.2 Å². The maximum absolute atomic E-state index is 12.4. The van der Waals surface area contributed by atoms with Gasteiger partial charge in [0.15, 0.2) is 0 Å². The summed E-state index contributed by atoms with van der Waals surface area (Å²) in [4.78, 5) is 0. The highest BCUT2D eigenvalue weighted by atomic mass is 19.4. The Morgan fingerprint density at radius 2 is 2.00 bits per heavy atom. The summed E-state index contributed by atoms with van der Waals surface area (Å²) >= 11 is 0. The van der Waals surface area contributed by atoms with Gasteiger partial charge in [-0.3, -0.25) is 4.68 Å². The third kappa shape index (κ3) is 1.85. The van der Waals surface area contributed by atoms with E-state index >= 15 is 0 Å². The molecule has 0 saturated heterocycles. The van der Waals surface area contributed by atoms with E-state index in [2.05, 4.69) is 5.43 Å². The maximum atomic E-state index is 12.4. The van der Waals surface area contributed by atoms with Crippen molar-refractivity contribution in [2.75, 3.05) is 12.0 Å². The van der Waals surface area contributed by atoms with Gasteiger partial charge in [0.2, 0.25) is 0 Å². The zero-order chi connectivity index (χ0) is 11.8. The molecule has 0 fully saturated rings. The van der Waals surface area contributed by atoms with Gasteiger partial charge < -0.3 is 5.43 Å². The van der Waals surface area contributed by atoms with Crippen LogP contribution in [0.4, 0.5) is 13.2 Å². The van der Waals surface area contributed by atoms with Crippen molar-refractivity contribution in [1.82, 2.24) is 4.68 Å². The van der Waals surface area contributed by atoms with E-state index in [1.165, 1.54) is 6.07 Å². The van der Waals surface area contributed by atoms with Gasteiger partial charge in [-0.2, -0.15) is 13.2 Å². The molecule has 0 aliphatic heterocycles. The molecule has 0 spiro atoms. The molecule has 1 aromatic heterocycles. The predicted molar refractivity (Wildman–Crippen MR) is 56.8 cm³/mol. The molecule has 0 saturated carbocycles. The summed E-state index contributed by atoms with van der Waals surface area (Å²) in [5.74, 6) is 0. The van der Waals surface area contributed by atoms with E-state index in [0.717, 1.165) is 17.6 Å². The summed E-state index contributed by atoms with van der Waals surface area (Å²) in [6.45, 7) is 2.64. The van der Waals surface area contributed by atoms with Crippen LogP contribution < -0.4 is 5.43 Å². The number of halogens is 3. The standard InChI is InChI=1S/C11H11F3N2/c1-2-15-16-6-5-8-7-9(11(12,13)14)3-4-10(8)16/h3-7,15H,2H2,1H3. The normalized spacial score (nSPS) is 12.0. The second-order valence-electron chi connectivity index (χ2n) is 3.47. The molecule has 0 bridgehead atoms.